The van der Waals surface area contributed by atoms with Crippen molar-refractivity contribution in [3.63, 3.8) is 0 Å². The lowest BCUT2D eigenvalue weighted by atomic mass is 10.1. The molecule has 0 spiro atoms. The Kier molecular flexibility index (Phi) is 9.65. The van der Waals surface area contributed by atoms with Gasteiger partial charge >= 0.3 is 0 Å². The SMILES string of the molecule is Cc1ccc(N(CCCC(=O)N(Cc2ccccc2F)[C@@H](C)C(=O)NC(C)(C)C)S(C)(=O)=O)cc1C. The molecule has 1 atom stereocenters. The smallest absolute Gasteiger partial charge is 0.242 e. The first kappa shape index (κ1) is 29.3. The van der Waals surface area contributed by atoms with Crippen LogP contribution in [0.1, 0.15) is 57.2 Å². The highest BCUT2D eigenvalue weighted by molar-refractivity contribution is 7.92. The highest BCUT2D eigenvalue weighted by Crippen LogP contribution is 2.22. The normalized spacial score (nSPS) is 12.7. The molecule has 0 aliphatic carbocycles. The second-order valence-electron chi connectivity index (χ2n) is 10.2. The standard InChI is InChI=1S/C27H38FN3O4S/c1-19-14-15-23(17-20(19)2)31(36(7,34)35)16-10-13-25(32)30(18-22-11-8-9-12-24(22)28)21(3)26(33)29-27(4,5)6/h8-9,11-12,14-15,17,21H,10,13,16,18H2,1-7H3,(H,29,33)/t21-/m0/s1. The van der Waals surface area contributed by atoms with Crippen molar-refractivity contribution in [2.75, 3.05) is 17.1 Å². The van der Waals surface area contributed by atoms with Gasteiger partial charge in [0.05, 0.1) is 11.9 Å². The summed E-state index contributed by atoms with van der Waals surface area (Å²) in [5, 5.41) is 2.87. The molecular weight excluding hydrogens is 481 g/mol. The van der Waals surface area contributed by atoms with E-state index >= 15 is 0 Å². The van der Waals surface area contributed by atoms with Gasteiger partial charge in [-0.2, -0.15) is 0 Å². The Labute approximate surface area is 214 Å². The Bertz CT molecular complexity index is 1190. The minimum atomic E-state index is -3.58. The lowest BCUT2D eigenvalue weighted by molar-refractivity contribution is -0.141. The molecule has 0 fully saturated rings. The molecular formula is C27H38FN3O4S. The van der Waals surface area contributed by atoms with Crippen molar-refractivity contribution in [2.45, 2.75) is 72.5 Å². The Balaban J connectivity index is 2.22. The van der Waals surface area contributed by atoms with E-state index in [9.17, 15) is 22.4 Å². The number of benzene rings is 2. The van der Waals surface area contributed by atoms with E-state index in [-0.39, 0.29) is 37.7 Å². The monoisotopic (exact) mass is 519 g/mol. The topological polar surface area (TPSA) is 86.8 Å². The number of carbonyl (C=O) groups is 2. The van der Waals surface area contributed by atoms with Crippen LogP contribution in [-0.4, -0.2) is 49.5 Å². The molecule has 0 saturated heterocycles. The number of sulfonamides is 1. The number of anilines is 1. The van der Waals surface area contributed by atoms with Crippen molar-refractivity contribution < 1.29 is 22.4 Å². The van der Waals surface area contributed by atoms with Crippen LogP contribution in [0.3, 0.4) is 0 Å². The van der Waals surface area contributed by atoms with Crippen LogP contribution in [-0.2, 0) is 26.2 Å². The van der Waals surface area contributed by atoms with Gasteiger partial charge in [0, 0.05) is 30.6 Å². The number of halogens is 1. The second kappa shape index (κ2) is 11.9. The molecule has 0 unspecified atom stereocenters. The summed E-state index contributed by atoms with van der Waals surface area (Å²) < 4.78 is 40.6. The molecule has 1 N–H and O–H groups in total. The fraction of sp³-hybridized carbons (Fsp3) is 0.481. The lowest BCUT2D eigenvalue weighted by Crippen LogP contribution is -2.52. The van der Waals surface area contributed by atoms with E-state index in [4.69, 9.17) is 0 Å². The largest absolute Gasteiger partial charge is 0.350 e. The zero-order valence-corrected chi connectivity index (χ0v) is 23.1. The predicted octanol–water partition coefficient (Wildman–Crippen LogP) is 4.32. The van der Waals surface area contributed by atoms with Gasteiger partial charge in [0.1, 0.15) is 11.9 Å². The van der Waals surface area contributed by atoms with Crippen LogP contribution in [0.2, 0.25) is 0 Å². The highest BCUT2D eigenvalue weighted by Gasteiger charge is 2.29. The Hall–Kier alpha value is -2.94. The second-order valence-corrected chi connectivity index (χ2v) is 12.1. The summed E-state index contributed by atoms with van der Waals surface area (Å²) in [6.45, 7) is 11.0. The van der Waals surface area contributed by atoms with Crippen molar-refractivity contribution in [1.82, 2.24) is 10.2 Å². The molecule has 2 amide bonds. The first-order valence-corrected chi connectivity index (χ1v) is 13.8. The molecule has 9 heteroatoms. The first-order chi connectivity index (χ1) is 16.6. The fourth-order valence-corrected chi connectivity index (χ4v) is 4.71. The van der Waals surface area contributed by atoms with Gasteiger partial charge < -0.3 is 10.2 Å². The predicted molar refractivity (Wildman–Crippen MR) is 142 cm³/mol. The van der Waals surface area contributed by atoms with Crippen LogP contribution in [0, 0.1) is 19.7 Å². The molecule has 0 aromatic heterocycles. The molecule has 36 heavy (non-hydrogen) atoms. The molecule has 0 aliphatic heterocycles. The average Bonchev–Trinajstić information content (AvgIpc) is 2.75. The van der Waals surface area contributed by atoms with E-state index in [0.29, 0.717) is 11.3 Å². The maximum Gasteiger partial charge on any atom is 0.242 e. The first-order valence-electron chi connectivity index (χ1n) is 12.0. The average molecular weight is 520 g/mol. The van der Waals surface area contributed by atoms with Gasteiger partial charge in [0.15, 0.2) is 0 Å². The molecule has 2 rings (SSSR count). The van der Waals surface area contributed by atoms with Crippen LogP contribution >= 0.6 is 0 Å². The maximum absolute atomic E-state index is 14.4. The third kappa shape index (κ3) is 8.33. The Morgan fingerprint density at radius 3 is 2.25 bits per heavy atom. The molecule has 2 aromatic rings. The van der Waals surface area contributed by atoms with Crippen molar-refractivity contribution in [3.8, 4) is 0 Å². The van der Waals surface area contributed by atoms with Gasteiger partial charge in [-0.3, -0.25) is 13.9 Å². The van der Waals surface area contributed by atoms with Crippen molar-refractivity contribution >= 4 is 27.5 Å². The fourth-order valence-electron chi connectivity index (χ4n) is 3.75. The van der Waals surface area contributed by atoms with Crippen LogP contribution in [0.15, 0.2) is 42.5 Å². The van der Waals surface area contributed by atoms with Gasteiger partial charge in [0.25, 0.3) is 0 Å². The van der Waals surface area contributed by atoms with Gasteiger partial charge in [-0.05, 0) is 77.3 Å². The van der Waals surface area contributed by atoms with E-state index in [0.717, 1.165) is 17.4 Å². The zero-order chi connectivity index (χ0) is 27.3. The quantitative estimate of drug-likeness (QED) is 0.507. The Morgan fingerprint density at radius 2 is 1.69 bits per heavy atom. The molecule has 2 aromatic carbocycles. The van der Waals surface area contributed by atoms with E-state index in [2.05, 4.69) is 5.32 Å². The zero-order valence-electron chi connectivity index (χ0n) is 22.3. The number of rotatable bonds is 10. The van der Waals surface area contributed by atoms with E-state index in [1.54, 1.807) is 31.2 Å². The number of nitrogens with one attached hydrogen (secondary N) is 1. The summed E-state index contributed by atoms with van der Waals surface area (Å²) in [5.41, 5.74) is 2.35. The third-order valence-electron chi connectivity index (χ3n) is 5.89. The van der Waals surface area contributed by atoms with Crippen LogP contribution in [0.4, 0.5) is 10.1 Å². The highest BCUT2D eigenvalue weighted by atomic mass is 32.2. The number of hydrogen-bond donors (Lipinski definition) is 1. The van der Waals surface area contributed by atoms with Crippen molar-refractivity contribution in [3.05, 3.63) is 65.0 Å². The Morgan fingerprint density at radius 1 is 1.06 bits per heavy atom. The van der Waals surface area contributed by atoms with Crippen LogP contribution < -0.4 is 9.62 Å². The molecule has 0 bridgehead atoms. The van der Waals surface area contributed by atoms with Crippen molar-refractivity contribution in [1.29, 1.82) is 0 Å². The molecule has 0 heterocycles. The summed E-state index contributed by atoms with van der Waals surface area (Å²) in [6.07, 6.45) is 1.37. The number of carbonyl (C=O) groups excluding carboxylic acids is 2. The number of hydrogen-bond acceptors (Lipinski definition) is 4. The van der Waals surface area contributed by atoms with Gasteiger partial charge in [0.2, 0.25) is 21.8 Å². The molecule has 0 saturated carbocycles. The maximum atomic E-state index is 14.4. The van der Waals surface area contributed by atoms with Crippen LogP contribution in [0.5, 0.6) is 0 Å². The number of amides is 2. The molecule has 0 radical (unpaired) electrons. The summed E-state index contributed by atoms with van der Waals surface area (Å²) in [7, 11) is -3.58. The van der Waals surface area contributed by atoms with E-state index in [1.165, 1.54) is 15.3 Å². The van der Waals surface area contributed by atoms with Crippen molar-refractivity contribution in [2.24, 2.45) is 0 Å². The lowest BCUT2D eigenvalue weighted by Gasteiger charge is -2.32. The summed E-state index contributed by atoms with van der Waals surface area (Å²) in [6, 6.07) is 10.7. The minimum absolute atomic E-state index is 0.00153. The number of nitrogens with zero attached hydrogens (tertiary/aromatic N) is 2. The molecule has 0 aliphatic rings. The van der Waals surface area contributed by atoms with Crippen LogP contribution in [0.25, 0.3) is 0 Å². The summed E-state index contributed by atoms with van der Waals surface area (Å²) >= 11 is 0. The molecule has 7 nitrogen and oxygen atoms in total. The number of aryl methyl sites for hydroxylation is 2. The minimum Gasteiger partial charge on any atom is -0.350 e. The van der Waals surface area contributed by atoms with Gasteiger partial charge in [-0.15, -0.1) is 0 Å². The summed E-state index contributed by atoms with van der Waals surface area (Å²) in [5.74, 6) is -1.17. The van der Waals surface area contributed by atoms with Gasteiger partial charge in [-0.25, -0.2) is 12.8 Å². The van der Waals surface area contributed by atoms with E-state index < -0.39 is 27.4 Å². The summed E-state index contributed by atoms with van der Waals surface area (Å²) in [4.78, 5) is 27.5. The van der Waals surface area contributed by atoms with Gasteiger partial charge in [-0.1, -0.05) is 24.3 Å². The molecule has 198 valence electrons. The van der Waals surface area contributed by atoms with E-state index in [1.807, 2.05) is 46.8 Å². The third-order valence-corrected chi connectivity index (χ3v) is 7.09.